The number of aliphatic hydroxyl groups excluding tert-OH is 2. The van der Waals surface area contributed by atoms with Crippen molar-refractivity contribution < 1.29 is 14.9 Å². The molecule has 2 aliphatic rings. The number of nitrogens with zero attached hydrogens (tertiary/aromatic N) is 3. The Kier molecular flexibility index (Phi) is 5.22. The van der Waals surface area contributed by atoms with Crippen LogP contribution >= 0.6 is 11.3 Å². The number of hydrogen-bond donors (Lipinski definition) is 3. The lowest BCUT2D eigenvalue weighted by Crippen LogP contribution is -2.24. The average Bonchev–Trinajstić information content (AvgIpc) is 3.56. The van der Waals surface area contributed by atoms with Gasteiger partial charge in [0.2, 0.25) is 0 Å². The van der Waals surface area contributed by atoms with E-state index in [0.29, 0.717) is 17.9 Å². The zero-order valence-electron chi connectivity index (χ0n) is 19.3. The van der Waals surface area contributed by atoms with E-state index in [9.17, 15) is 10.2 Å². The third-order valence-corrected chi connectivity index (χ3v) is 8.41. The first-order chi connectivity index (χ1) is 16.5. The molecule has 0 unspecified atom stereocenters. The van der Waals surface area contributed by atoms with E-state index in [0.717, 1.165) is 35.9 Å². The van der Waals surface area contributed by atoms with Crippen molar-refractivity contribution in [1.29, 1.82) is 0 Å². The van der Waals surface area contributed by atoms with Crippen molar-refractivity contribution in [2.45, 2.75) is 58.0 Å². The lowest BCUT2D eigenvalue weighted by atomic mass is 9.94. The monoisotopic (exact) mass is 476 g/mol. The van der Waals surface area contributed by atoms with Crippen molar-refractivity contribution in [3.8, 4) is 0 Å². The van der Waals surface area contributed by atoms with Gasteiger partial charge in [0.1, 0.15) is 30.1 Å². The summed E-state index contributed by atoms with van der Waals surface area (Å²) in [6, 6.07) is 8.61. The van der Waals surface area contributed by atoms with Crippen LogP contribution in [0.25, 0.3) is 32.3 Å². The summed E-state index contributed by atoms with van der Waals surface area (Å²) in [6.45, 7) is 4.05. The van der Waals surface area contributed by atoms with Crippen LogP contribution in [-0.4, -0.2) is 43.6 Å². The minimum absolute atomic E-state index is 0.223. The molecule has 1 aliphatic heterocycles. The fourth-order valence-corrected chi connectivity index (χ4v) is 6.96. The first kappa shape index (κ1) is 21.7. The smallest absolute Gasteiger partial charge is 0.148 e. The van der Waals surface area contributed by atoms with E-state index in [1.54, 1.807) is 0 Å². The number of aryl methyl sites for hydroxylation is 1. The maximum atomic E-state index is 10.4. The molecule has 1 saturated heterocycles. The third kappa shape index (κ3) is 3.13. The molecule has 3 aromatic heterocycles. The largest absolute Gasteiger partial charge is 0.394 e. The number of rotatable bonds is 4. The predicted molar refractivity (Wildman–Crippen MR) is 136 cm³/mol. The molecule has 1 aromatic carbocycles. The van der Waals surface area contributed by atoms with E-state index in [1.807, 2.05) is 15.9 Å². The molecule has 0 radical (unpaired) electrons. The maximum Gasteiger partial charge on any atom is 0.148 e. The maximum absolute atomic E-state index is 10.4. The number of aliphatic hydroxyl groups is 2. The van der Waals surface area contributed by atoms with Crippen LogP contribution in [0, 0.1) is 13.8 Å². The fraction of sp³-hybridized carbons (Fsp3) is 0.385. The van der Waals surface area contributed by atoms with Gasteiger partial charge in [0.25, 0.3) is 0 Å². The van der Waals surface area contributed by atoms with Gasteiger partial charge >= 0.3 is 0 Å². The van der Waals surface area contributed by atoms with Crippen LogP contribution in [0.4, 0.5) is 5.82 Å². The highest BCUT2D eigenvalue weighted by Gasteiger charge is 2.37. The van der Waals surface area contributed by atoms with Crippen LogP contribution in [0.1, 0.15) is 53.6 Å². The molecule has 6 rings (SSSR count). The van der Waals surface area contributed by atoms with Crippen LogP contribution in [0.3, 0.4) is 0 Å². The first-order valence-electron chi connectivity index (χ1n) is 11.8. The van der Waals surface area contributed by atoms with Gasteiger partial charge in [-0.3, -0.25) is 0 Å². The van der Waals surface area contributed by atoms with Crippen molar-refractivity contribution in [3.63, 3.8) is 0 Å². The summed E-state index contributed by atoms with van der Waals surface area (Å²) in [7, 11) is 0. The molecule has 1 fully saturated rings. The fourth-order valence-electron chi connectivity index (χ4n) is 5.87. The van der Waals surface area contributed by atoms with Gasteiger partial charge in [-0.05, 0) is 55.9 Å². The lowest BCUT2D eigenvalue weighted by molar-refractivity contribution is -0.0436. The minimum atomic E-state index is -0.726. The van der Waals surface area contributed by atoms with E-state index >= 15 is 0 Å². The molecule has 0 spiro atoms. The second kappa shape index (κ2) is 8.16. The Morgan fingerprint density at radius 2 is 1.91 bits per heavy atom. The van der Waals surface area contributed by atoms with Gasteiger partial charge in [-0.1, -0.05) is 18.2 Å². The Morgan fingerprint density at radius 1 is 1.15 bits per heavy atom. The molecule has 176 valence electrons. The summed E-state index contributed by atoms with van der Waals surface area (Å²) in [5.74, 6) is 0.449. The highest BCUT2D eigenvalue weighted by molar-refractivity contribution is 7.19. The molecule has 34 heavy (non-hydrogen) atoms. The van der Waals surface area contributed by atoms with E-state index < -0.39 is 18.4 Å². The topological polar surface area (TPSA) is 106 Å². The summed E-state index contributed by atoms with van der Waals surface area (Å²) in [5.41, 5.74) is 13.3. The van der Waals surface area contributed by atoms with E-state index in [1.165, 1.54) is 38.0 Å². The second-order valence-electron chi connectivity index (χ2n) is 9.24. The highest BCUT2D eigenvalue weighted by Crippen LogP contribution is 2.49. The van der Waals surface area contributed by atoms with Crippen molar-refractivity contribution >= 4 is 49.4 Å². The second-order valence-corrected chi connectivity index (χ2v) is 10.5. The lowest BCUT2D eigenvalue weighted by Gasteiger charge is -2.17. The number of benzene rings is 1. The van der Waals surface area contributed by atoms with Crippen LogP contribution < -0.4 is 5.73 Å². The number of thiophene rings is 1. The molecule has 4 aromatic rings. The van der Waals surface area contributed by atoms with Crippen LogP contribution in [0.2, 0.25) is 0 Å². The summed E-state index contributed by atoms with van der Waals surface area (Å²) in [5, 5.41) is 22.2. The standard InChI is InChI=1S/C26H28N4O3S/c1-13-22(15-7-5-8-16(15)23-14(2)34-20-9-4-3-6-17(20)23)24-25(27)28-12-29-26(24)30(13)21-10-18(32)19(11-31)33-21/h3-4,6,9,12,18-19,21,31-32H,5,7-8,10-11H2,1-2H3,(H2,27,28,29)/t18-,19+,21+/m0/s1. The zero-order chi connectivity index (χ0) is 23.6. The van der Waals surface area contributed by atoms with Gasteiger partial charge in [0, 0.05) is 32.6 Å². The molecular formula is C26H28N4O3S. The molecule has 0 bridgehead atoms. The van der Waals surface area contributed by atoms with Crippen LogP contribution in [0.15, 0.2) is 30.6 Å². The van der Waals surface area contributed by atoms with Gasteiger partial charge in [-0.2, -0.15) is 0 Å². The number of nitrogens with two attached hydrogens (primary N) is 1. The van der Waals surface area contributed by atoms with Gasteiger partial charge in [-0.25, -0.2) is 9.97 Å². The Balaban J connectivity index is 1.61. The van der Waals surface area contributed by atoms with Crippen molar-refractivity contribution in [3.05, 3.63) is 52.3 Å². The first-order valence-corrected chi connectivity index (χ1v) is 12.6. The molecule has 0 saturated carbocycles. The Labute approximate surface area is 201 Å². The number of hydrogen-bond acceptors (Lipinski definition) is 7. The van der Waals surface area contributed by atoms with Gasteiger partial charge < -0.3 is 25.3 Å². The van der Waals surface area contributed by atoms with Crippen LogP contribution in [-0.2, 0) is 4.74 Å². The molecule has 7 nitrogen and oxygen atoms in total. The molecule has 1 aliphatic carbocycles. The number of nitrogen functional groups attached to an aromatic ring is 1. The Hall–Kier alpha value is -2.78. The Bertz CT molecular complexity index is 1450. The minimum Gasteiger partial charge on any atom is -0.394 e. The summed E-state index contributed by atoms with van der Waals surface area (Å²) in [6.07, 6.45) is 3.17. The molecule has 3 atom stereocenters. The number of allylic oxidation sites excluding steroid dienone is 2. The molecular weight excluding hydrogens is 448 g/mol. The molecule has 4 heterocycles. The van der Waals surface area contributed by atoms with Crippen LogP contribution in [0.5, 0.6) is 0 Å². The van der Waals surface area contributed by atoms with Gasteiger partial charge in [0.05, 0.1) is 18.1 Å². The number of anilines is 1. The molecule has 8 heteroatoms. The number of ether oxygens (including phenoxy) is 1. The quantitative estimate of drug-likeness (QED) is 0.398. The zero-order valence-corrected chi connectivity index (χ0v) is 20.1. The average molecular weight is 477 g/mol. The van der Waals surface area contributed by atoms with E-state index in [4.69, 9.17) is 10.5 Å². The van der Waals surface area contributed by atoms with Gasteiger partial charge in [-0.15, -0.1) is 11.3 Å². The molecule has 4 N–H and O–H groups in total. The van der Waals surface area contributed by atoms with Gasteiger partial charge in [0.15, 0.2) is 0 Å². The van der Waals surface area contributed by atoms with E-state index in [-0.39, 0.29) is 6.61 Å². The summed E-state index contributed by atoms with van der Waals surface area (Å²) < 4.78 is 9.37. The number of aromatic nitrogens is 3. The highest BCUT2D eigenvalue weighted by atomic mass is 32.1. The van der Waals surface area contributed by atoms with Crippen molar-refractivity contribution in [2.24, 2.45) is 0 Å². The normalized spacial score (nSPS) is 23.1. The van der Waals surface area contributed by atoms with Crippen molar-refractivity contribution in [2.75, 3.05) is 12.3 Å². The SMILES string of the molecule is Cc1sc2ccccc2c1C1=C(c2c(C)n([C@H]3C[C@H](O)[C@@H](CO)O3)c3ncnc(N)c23)CCC1. The number of fused-ring (bicyclic) bond motifs is 2. The predicted octanol–water partition coefficient (Wildman–Crippen LogP) is 4.58. The Morgan fingerprint density at radius 3 is 2.68 bits per heavy atom. The van der Waals surface area contributed by atoms with Crippen molar-refractivity contribution in [1.82, 2.24) is 14.5 Å². The summed E-state index contributed by atoms with van der Waals surface area (Å²) in [4.78, 5) is 10.3. The van der Waals surface area contributed by atoms with E-state index in [2.05, 4.69) is 48.1 Å². The molecule has 0 amide bonds. The summed E-state index contributed by atoms with van der Waals surface area (Å²) >= 11 is 1.84. The third-order valence-electron chi connectivity index (χ3n) is 7.32.